The number of ether oxygens (including phenoxy) is 11. The molecule has 2 saturated heterocycles. The van der Waals surface area contributed by atoms with E-state index in [1.807, 2.05) is 24.3 Å². The highest BCUT2D eigenvalue weighted by Crippen LogP contribution is 2.48. The summed E-state index contributed by atoms with van der Waals surface area (Å²) in [6.45, 7) is 3.38. The summed E-state index contributed by atoms with van der Waals surface area (Å²) in [7, 11) is 0. The zero-order valence-corrected chi connectivity index (χ0v) is 59.7. The van der Waals surface area contributed by atoms with E-state index in [2.05, 4.69) is 5.32 Å². The van der Waals surface area contributed by atoms with Gasteiger partial charge in [-0.1, -0.05) is 60.7 Å². The summed E-state index contributed by atoms with van der Waals surface area (Å²) in [5.41, 5.74) is 3.57. The first kappa shape index (κ1) is 81.1. The normalized spacial score (nSPS) is 23.6. The number of hydrogen-bond acceptors (Lipinski definition) is 25. The first-order chi connectivity index (χ1) is 51.4. The fraction of sp³-hybridized carbons (Fsp3) is 0.493. The second kappa shape index (κ2) is 40.1. The molecular weight excluding hydrogens is 1430 g/mol. The van der Waals surface area contributed by atoms with Crippen molar-refractivity contribution >= 4 is 109 Å². The number of amides is 5. The van der Waals surface area contributed by atoms with Gasteiger partial charge in [-0.05, 0) is 57.7 Å². The molecule has 0 aliphatic carbocycles. The number of aliphatic hydroxyl groups is 8. The number of anilines is 3. The summed E-state index contributed by atoms with van der Waals surface area (Å²) >= 11 is 13.2. The molecule has 0 bridgehead atoms. The number of benzene rings is 5. The van der Waals surface area contributed by atoms with E-state index in [1.54, 1.807) is 60.7 Å². The molecule has 10 rings (SSSR count). The van der Waals surface area contributed by atoms with Gasteiger partial charge in [-0.15, -0.1) is 23.2 Å². The van der Waals surface area contributed by atoms with Gasteiger partial charge < -0.3 is 108 Å². The fourth-order valence-corrected chi connectivity index (χ4v) is 13.4. The zero-order chi connectivity index (χ0) is 75.2. The Bertz CT molecular complexity index is 3900. The van der Waals surface area contributed by atoms with Gasteiger partial charge in [-0.25, -0.2) is 0 Å². The predicted octanol–water partition coefficient (Wildman–Crippen LogP) is 3.22. The number of carbonyl (C=O) groups excluding carboxylic acids is 6. The molecule has 2 fully saturated rings. The van der Waals surface area contributed by atoms with E-state index in [0.29, 0.717) is 123 Å². The zero-order valence-electron chi connectivity index (χ0n) is 58.2. The SMILES string of the molecule is O=C(CCCOCCOCCOCCOCCOCCOCCOCCC(=O)Nc1cc(/C=C/C(=O)N2C[C@@H](CCl)c3c2cc(O[C@@H]2O[C@H](CO)[C@H](O)[C@H](O)[C@H]2O)c2ccccc32)ccc1/C=C/C(=O)N1C[C@@H](CCl)c2c1cc(O[C@@H]1O[C@H](CO)[C@H](O)[C@H](O)[C@H]1O)c1ccccc21)CCN1C(=O)C=CC1=O. The highest BCUT2D eigenvalue weighted by Gasteiger charge is 2.47. The molecule has 5 aliphatic rings. The van der Waals surface area contributed by atoms with Gasteiger partial charge in [-0.3, -0.25) is 33.7 Å². The number of nitrogens with zero attached hydrogens (tertiary/aromatic N) is 3. The predicted molar refractivity (Wildman–Crippen MR) is 387 cm³/mol. The van der Waals surface area contributed by atoms with E-state index in [9.17, 15) is 69.6 Å². The maximum absolute atomic E-state index is 14.6. The molecule has 0 spiro atoms. The Kier molecular flexibility index (Phi) is 30.7. The fourth-order valence-electron chi connectivity index (χ4n) is 12.9. The van der Waals surface area contributed by atoms with Crippen molar-refractivity contribution in [3.05, 3.63) is 125 Å². The topological polar surface area (TPSA) is 388 Å². The molecule has 0 unspecified atom stereocenters. The number of imide groups is 1. The van der Waals surface area contributed by atoms with Gasteiger partial charge >= 0.3 is 0 Å². The molecule has 574 valence electrons. The van der Waals surface area contributed by atoms with Crippen molar-refractivity contribution in [1.82, 2.24) is 4.90 Å². The molecule has 31 heteroatoms. The number of Topliss-reactive ketones (excluding diaryl/α,β-unsaturated/α-hetero) is 1. The second-order valence-corrected chi connectivity index (χ2v) is 26.2. The average Bonchev–Trinajstić information content (AvgIpc) is 1.55. The van der Waals surface area contributed by atoms with Crippen LogP contribution in [0.2, 0.25) is 0 Å². The monoisotopic (exact) mass is 1520 g/mol. The van der Waals surface area contributed by atoms with Gasteiger partial charge in [0.2, 0.25) is 18.5 Å². The maximum atomic E-state index is 14.6. The molecule has 5 aromatic rings. The molecule has 29 nitrogen and oxygen atoms in total. The van der Waals surface area contributed by atoms with Crippen LogP contribution in [0, 0.1) is 0 Å². The van der Waals surface area contributed by atoms with Crippen LogP contribution in [0.25, 0.3) is 33.7 Å². The van der Waals surface area contributed by atoms with E-state index in [0.717, 1.165) is 16.0 Å². The van der Waals surface area contributed by atoms with E-state index < -0.39 is 104 Å². The molecule has 0 aromatic heterocycles. The molecular formula is C75H90Cl2N4O25. The van der Waals surface area contributed by atoms with Crippen LogP contribution in [0.3, 0.4) is 0 Å². The molecule has 0 radical (unpaired) electrons. The van der Waals surface area contributed by atoms with E-state index in [1.165, 1.54) is 40.2 Å². The minimum Gasteiger partial charge on any atom is -0.461 e. The number of ketones is 1. The number of alkyl halides is 2. The van der Waals surface area contributed by atoms with Crippen LogP contribution in [0.5, 0.6) is 11.5 Å². The number of carbonyl (C=O) groups is 6. The van der Waals surface area contributed by atoms with Crippen molar-refractivity contribution in [1.29, 1.82) is 0 Å². The third-order valence-electron chi connectivity index (χ3n) is 18.5. The first-order valence-electron chi connectivity index (χ1n) is 35.1. The Morgan fingerprint density at radius 2 is 0.925 bits per heavy atom. The lowest BCUT2D eigenvalue weighted by molar-refractivity contribution is -0.277. The third-order valence-corrected chi connectivity index (χ3v) is 19.2. The van der Waals surface area contributed by atoms with E-state index in [4.69, 9.17) is 75.3 Å². The number of hydrogen-bond donors (Lipinski definition) is 9. The number of nitrogens with one attached hydrogen (secondary N) is 1. The second-order valence-electron chi connectivity index (χ2n) is 25.6. The van der Waals surface area contributed by atoms with Crippen molar-refractivity contribution in [3.8, 4) is 11.5 Å². The summed E-state index contributed by atoms with van der Waals surface area (Å²) in [6.07, 6.45) is -6.55. The largest absolute Gasteiger partial charge is 0.461 e. The van der Waals surface area contributed by atoms with Gasteiger partial charge in [0.05, 0.1) is 117 Å². The molecule has 5 amide bonds. The first-order valence-corrected chi connectivity index (χ1v) is 36.2. The number of fused-ring (bicyclic) bond motifs is 6. The van der Waals surface area contributed by atoms with Crippen molar-refractivity contribution in [2.24, 2.45) is 0 Å². The summed E-state index contributed by atoms with van der Waals surface area (Å²) < 4.78 is 62.9. The Morgan fingerprint density at radius 1 is 0.500 bits per heavy atom. The molecule has 0 saturated carbocycles. The lowest BCUT2D eigenvalue weighted by Crippen LogP contribution is -2.60. The average molecular weight is 1520 g/mol. The van der Waals surface area contributed by atoms with Crippen molar-refractivity contribution < 1.29 is 122 Å². The van der Waals surface area contributed by atoms with Crippen LogP contribution in [-0.4, -0.2) is 280 Å². The number of aliphatic hydroxyl groups excluding tert-OH is 8. The quantitative estimate of drug-likeness (QED) is 0.0117. The van der Waals surface area contributed by atoms with Gasteiger partial charge in [-0.2, -0.15) is 0 Å². The van der Waals surface area contributed by atoms with Crippen LogP contribution in [0.15, 0.2) is 103 Å². The van der Waals surface area contributed by atoms with Crippen LogP contribution in [-0.2, 0) is 71.4 Å². The number of halogens is 2. The Morgan fingerprint density at radius 3 is 1.37 bits per heavy atom. The molecule has 106 heavy (non-hydrogen) atoms. The smallest absolute Gasteiger partial charge is 0.253 e. The van der Waals surface area contributed by atoms with Crippen molar-refractivity contribution in [2.75, 3.05) is 152 Å². The molecule has 5 heterocycles. The summed E-state index contributed by atoms with van der Waals surface area (Å²) in [4.78, 5) is 82.2. The van der Waals surface area contributed by atoms with Crippen LogP contribution in [0.4, 0.5) is 17.1 Å². The highest BCUT2D eigenvalue weighted by molar-refractivity contribution is 6.20. The van der Waals surface area contributed by atoms with Gasteiger partial charge in [0, 0.05) is 116 Å². The van der Waals surface area contributed by atoms with Crippen LogP contribution >= 0.6 is 23.2 Å². The lowest BCUT2D eigenvalue weighted by Gasteiger charge is -2.39. The number of rotatable bonds is 41. The summed E-state index contributed by atoms with van der Waals surface area (Å²) in [6, 6.07) is 22.7. The van der Waals surface area contributed by atoms with Crippen molar-refractivity contribution in [3.63, 3.8) is 0 Å². The van der Waals surface area contributed by atoms with Gasteiger partial charge in [0.25, 0.3) is 23.6 Å². The molecule has 5 aromatic carbocycles. The van der Waals surface area contributed by atoms with Crippen molar-refractivity contribution in [2.45, 2.75) is 98.9 Å². The molecule has 9 N–H and O–H groups in total. The Labute approximate surface area is 621 Å². The Balaban J connectivity index is 0.716. The maximum Gasteiger partial charge on any atom is 0.253 e. The van der Waals surface area contributed by atoms with Gasteiger partial charge in [0.15, 0.2) is 0 Å². The lowest BCUT2D eigenvalue weighted by atomic mass is 9.95. The highest BCUT2D eigenvalue weighted by atomic mass is 35.5. The molecule has 5 aliphatic heterocycles. The van der Waals surface area contributed by atoms with Crippen LogP contribution in [0.1, 0.15) is 59.8 Å². The third kappa shape index (κ3) is 20.7. The van der Waals surface area contributed by atoms with Crippen LogP contribution < -0.4 is 24.6 Å². The van der Waals surface area contributed by atoms with Gasteiger partial charge in [0.1, 0.15) is 66.1 Å². The summed E-state index contributed by atoms with van der Waals surface area (Å²) in [5.74, 6) is -2.25. The minimum atomic E-state index is -1.71. The van der Waals surface area contributed by atoms with E-state index in [-0.39, 0.29) is 105 Å². The molecule has 12 atom stereocenters. The Hall–Kier alpha value is -7.44. The summed E-state index contributed by atoms with van der Waals surface area (Å²) in [5, 5.41) is 89.2. The minimum absolute atomic E-state index is 0.0217. The standard InChI is InChI=1S/C75H90Cl2N4O25/c76-39-47-41-80(55-37-57(50-7-1-3-9-52(50)66(47)55)103-74-72(94)70(92)68(90)59(43-82)105-74)64(88)15-12-45-11-13-46(14-16-65(89)81-42-48(40-77)67-53-10-4-2-8-51(53)58(38-56(67)81)104-75-73(95)71(93)69(91)60(44-83)106-75)54(36-45)78-61(85)20-23-97-25-27-99-29-31-101-33-35-102-34-32-100-30-28-98-26-24-96-22-5-6-49(84)19-21-79-62(86)17-18-63(79)87/h1-4,7-18,36-38,47-48,59-60,68-75,82-83,90-95H,5-6,19-35,39-44H2,(H,78,85)/b15-12+,16-14+/t47-,48-,59-,60-,68+,69+,70+,71+,72-,73-,74-,75-/m1/s1. The van der Waals surface area contributed by atoms with E-state index >= 15 is 0 Å².